The van der Waals surface area contributed by atoms with Gasteiger partial charge in [0.15, 0.2) is 0 Å². The number of hydrogen-bond donors (Lipinski definition) is 1. The first kappa shape index (κ1) is 16.0. The molecule has 126 valence electrons. The van der Waals surface area contributed by atoms with Crippen molar-refractivity contribution >= 4 is 67.5 Å². The number of halogens is 3. The molecule has 2 nitrogen and oxygen atoms in total. The summed E-state index contributed by atoms with van der Waals surface area (Å²) in [5.41, 5.74) is 4.55. The Bertz CT molecular complexity index is 1310. The Morgan fingerprint density at radius 1 is 0.769 bits per heavy atom. The molecule has 0 unspecified atom stereocenters. The van der Waals surface area contributed by atoms with Gasteiger partial charge in [0, 0.05) is 26.7 Å². The summed E-state index contributed by atoms with van der Waals surface area (Å²) in [6.07, 6.45) is 0. The van der Waals surface area contributed by atoms with Crippen molar-refractivity contribution in [3.63, 3.8) is 0 Å². The van der Waals surface area contributed by atoms with Gasteiger partial charge in [-0.2, -0.15) is 0 Å². The molecular weight excluding hydrogens is 387 g/mol. The monoisotopic (exact) mass is 396 g/mol. The van der Waals surface area contributed by atoms with Gasteiger partial charge in [0.25, 0.3) is 0 Å². The number of benzene rings is 3. The summed E-state index contributed by atoms with van der Waals surface area (Å²) in [6.45, 7) is 0. The van der Waals surface area contributed by atoms with Gasteiger partial charge in [-0.15, -0.1) is 0 Å². The Hall–Kier alpha value is -2.26. The summed E-state index contributed by atoms with van der Waals surface area (Å²) in [7, 11) is 0. The topological polar surface area (TPSA) is 28.7 Å². The van der Waals surface area contributed by atoms with E-state index in [1.54, 1.807) is 0 Å². The SMILES string of the molecule is Clc1ccc2c(c1)nc(-c1ccccc1)c1c3ccc(Cl)c(Cl)c3[nH]c21. The summed E-state index contributed by atoms with van der Waals surface area (Å²) in [5.74, 6) is 0. The summed E-state index contributed by atoms with van der Waals surface area (Å²) in [4.78, 5) is 8.39. The van der Waals surface area contributed by atoms with Crippen molar-refractivity contribution in [3.05, 3.63) is 75.7 Å². The number of aromatic amines is 1. The van der Waals surface area contributed by atoms with Gasteiger partial charge in [-0.25, -0.2) is 4.98 Å². The van der Waals surface area contributed by atoms with Gasteiger partial charge < -0.3 is 4.98 Å². The van der Waals surface area contributed by atoms with Crippen molar-refractivity contribution in [3.8, 4) is 11.3 Å². The first-order valence-electron chi connectivity index (χ1n) is 8.07. The van der Waals surface area contributed by atoms with E-state index < -0.39 is 0 Å². The van der Waals surface area contributed by atoms with E-state index in [-0.39, 0.29) is 0 Å². The minimum Gasteiger partial charge on any atom is -0.353 e. The molecule has 2 aromatic heterocycles. The van der Waals surface area contributed by atoms with E-state index in [9.17, 15) is 0 Å². The number of hydrogen-bond acceptors (Lipinski definition) is 1. The summed E-state index contributed by atoms with van der Waals surface area (Å²) in [6, 6.07) is 19.6. The molecule has 5 heteroatoms. The van der Waals surface area contributed by atoms with Crippen LogP contribution in [0.1, 0.15) is 0 Å². The second kappa shape index (κ2) is 5.88. The standard InChI is InChI=1S/C21H11Cl3N2/c22-12-6-7-13-16(10-12)25-19(11-4-2-1-3-5-11)17-14-8-9-15(23)18(24)21(14)26-20(13)17/h1-10,26H. The third kappa shape index (κ3) is 2.30. The maximum atomic E-state index is 6.47. The lowest BCUT2D eigenvalue weighted by Gasteiger charge is -2.08. The zero-order valence-electron chi connectivity index (χ0n) is 13.4. The van der Waals surface area contributed by atoms with E-state index in [4.69, 9.17) is 39.8 Å². The Balaban J connectivity index is 2.05. The van der Waals surface area contributed by atoms with Crippen molar-refractivity contribution in [2.75, 3.05) is 0 Å². The van der Waals surface area contributed by atoms with Crippen LogP contribution < -0.4 is 0 Å². The molecule has 5 rings (SSSR count). The van der Waals surface area contributed by atoms with Crippen LogP contribution in [-0.2, 0) is 0 Å². The molecule has 0 amide bonds. The van der Waals surface area contributed by atoms with Gasteiger partial charge in [-0.05, 0) is 24.3 Å². The number of pyridine rings is 1. The average Bonchev–Trinajstić information content (AvgIpc) is 3.05. The highest BCUT2D eigenvalue weighted by Gasteiger charge is 2.18. The molecule has 3 aromatic carbocycles. The normalized spacial score (nSPS) is 11.7. The zero-order valence-corrected chi connectivity index (χ0v) is 15.6. The molecule has 1 N–H and O–H groups in total. The lowest BCUT2D eigenvalue weighted by Crippen LogP contribution is -1.88. The van der Waals surface area contributed by atoms with Crippen LogP contribution in [0, 0.1) is 0 Å². The first-order valence-corrected chi connectivity index (χ1v) is 9.21. The molecule has 0 aliphatic carbocycles. The first-order chi connectivity index (χ1) is 12.6. The van der Waals surface area contributed by atoms with Crippen LogP contribution in [0.2, 0.25) is 15.1 Å². The van der Waals surface area contributed by atoms with Crippen LogP contribution in [0.5, 0.6) is 0 Å². The number of aromatic nitrogens is 2. The predicted molar refractivity (Wildman–Crippen MR) is 112 cm³/mol. The molecule has 0 aliphatic rings. The highest BCUT2D eigenvalue weighted by atomic mass is 35.5. The van der Waals surface area contributed by atoms with Crippen molar-refractivity contribution < 1.29 is 0 Å². The Morgan fingerprint density at radius 2 is 1.54 bits per heavy atom. The molecule has 0 atom stereocenters. The fourth-order valence-electron chi connectivity index (χ4n) is 3.44. The molecule has 0 spiro atoms. The van der Waals surface area contributed by atoms with Gasteiger partial charge in [-0.1, -0.05) is 71.2 Å². The van der Waals surface area contributed by atoms with Crippen molar-refractivity contribution in [2.45, 2.75) is 0 Å². The fourth-order valence-corrected chi connectivity index (χ4v) is 3.98. The third-order valence-corrected chi connectivity index (χ3v) is 5.65. The number of nitrogens with zero attached hydrogens (tertiary/aromatic N) is 1. The second-order valence-corrected chi connectivity index (χ2v) is 7.37. The van der Waals surface area contributed by atoms with Crippen LogP contribution in [0.3, 0.4) is 0 Å². The largest absolute Gasteiger partial charge is 0.353 e. The van der Waals surface area contributed by atoms with Crippen LogP contribution in [0.4, 0.5) is 0 Å². The molecule has 26 heavy (non-hydrogen) atoms. The smallest absolute Gasteiger partial charge is 0.0833 e. The Morgan fingerprint density at radius 3 is 2.35 bits per heavy atom. The van der Waals surface area contributed by atoms with Crippen LogP contribution in [0.25, 0.3) is 44.0 Å². The molecule has 0 bridgehead atoms. The average molecular weight is 398 g/mol. The summed E-state index contributed by atoms with van der Waals surface area (Å²) < 4.78 is 0. The highest BCUT2D eigenvalue weighted by Crippen LogP contribution is 2.41. The fraction of sp³-hybridized carbons (Fsp3) is 0. The second-order valence-electron chi connectivity index (χ2n) is 6.15. The minimum atomic E-state index is 0.515. The van der Waals surface area contributed by atoms with E-state index in [0.29, 0.717) is 15.1 Å². The van der Waals surface area contributed by atoms with Gasteiger partial charge in [0.1, 0.15) is 0 Å². The van der Waals surface area contributed by atoms with Crippen LogP contribution >= 0.6 is 34.8 Å². The van der Waals surface area contributed by atoms with Gasteiger partial charge in [0.2, 0.25) is 0 Å². The molecule has 0 saturated carbocycles. The molecule has 0 fully saturated rings. The van der Waals surface area contributed by atoms with E-state index >= 15 is 0 Å². The molecule has 0 radical (unpaired) electrons. The van der Waals surface area contributed by atoms with Gasteiger partial charge >= 0.3 is 0 Å². The molecule has 5 aromatic rings. The van der Waals surface area contributed by atoms with E-state index in [2.05, 4.69) is 17.1 Å². The van der Waals surface area contributed by atoms with Crippen LogP contribution in [-0.4, -0.2) is 9.97 Å². The predicted octanol–water partition coefficient (Wildman–Crippen LogP) is 7.50. The number of H-pyrrole nitrogens is 1. The van der Waals surface area contributed by atoms with Crippen molar-refractivity contribution in [1.29, 1.82) is 0 Å². The summed E-state index contributed by atoms with van der Waals surface area (Å²) >= 11 is 18.9. The Kier molecular flexibility index (Phi) is 3.61. The van der Waals surface area contributed by atoms with Crippen molar-refractivity contribution in [2.24, 2.45) is 0 Å². The number of nitrogens with one attached hydrogen (secondary N) is 1. The highest BCUT2D eigenvalue weighted by molar-refractivity contribution is 6.46. The molecule has 0 aliphatic heterocycles. The third-order valence-electron chi connectivity index (χ3n) is 4.61. The van der Waals surface area contributed by atoms with Gasteiger partial charge in [-0.3, -0.25) is 0 Å². The zero-order chi connectivity index (χ0) is 17.8. The van der Waals surface area contributed by atoms with Crippen LogP contribution in [0.15, 0.2) is 60.7 Å². The molecule has 0 saturated heterocycles. The van der Waals surface area contributed by atoms with E-state index in [1.165, 1.54) is 0 Å². The Labute approximate surface area is 164 Å². The van der Waals surface area contributed by atoms with E-state index in [1.807, 2.05) is 48.5 Å². The van der Waals surface area contributed by atoms with Crippen molar-refractivity contribution in [1.82, 2.24) is 9.97 Å². The summed E-state index contributed by atoms with van der Waals surface area (Å²) in [5, 5.41) is 4.71. The molecular formula is C21H11Cl3N2. The number of rotatable bonds is 1. The minimum absolute atomic E-state index is 0.515. The van der Waals surface area contributed by atoms with E-state index in [0.717, 1.165) is 44.0 Å². The maximum absolute atomic E-state index is 6.47. The number of fused-ring (bicyclic) bond motifs is 5. The molecule has 2 heterocycles. The van der Waals surface area contributed by atoms with Gasteiger partial charge in [0.05, 0.1) is 32.3 Å². The lowest BCUT2D eigenvalue weighted by atomic mass is 10.0. The maximum Gasteiger partial charge on any atom is 0.0833 e. The lowest BCUT2D eigenvalue weighted by molar-refractivity contribution is 1.42. The quantitative estimate of drug-likeness (QED) is 0.312.